The van der Waals surface area contributed by atoms with Gasteiger partial charge in [-0.1, -0.05) is 48.0 Å². The number of hydrogen-bond donors (Lipinski definition) is 2. The molecule has 0 bridgehead atoms. The standard InChI is InChI=1S/C22H16ClN7O/c23-17-9-2-1-6-15(17)13-24-22(31)14-7-5-8-16(12-14)25-20-21-27-28-29-30(21)19-11-4-3-10-18(19)26-20/h1-12H,13H2,(H,24,31)(H,25,26). The van der Waals surface area contributed by atoms with E-state index < -0.39 is 0 Å². The number of nitrogens with one attached hydrogen (secondary N) is 2. The highest BCUT2D eigenvalue weighted by molar-refractivity contribution is 6.31. The number of benzene rings is 3. The molecule has 0 unspecified atom stereocenters. The van der Waals surface area contributed by atoms with Crippen LogP contribution >= 0.6 is 11.6 Å². The van der Waals surface area contributed by atoms with Gasteiger partial charge in [-0.15, -0.1) is 5.10 Å². The van der Waals surface area contributed by atoms with Crippen molar-refractivity contribution in [3.63, 3.8) is 0 Å². The number of aromatic nitrogens is 5. The van der Waals surface area contributed by atoms with Crippen molar-refractivity contribution in [2.75, 3.05) is 5.32 Å². The molecule has 0 radical (unpaired) electrons. The zero-order valence-electron chi connectivity index (χ0n) is 16.2. The molecule has 0 atom stereocenters. The summed E-state index contributed by atoms with van der Waals surface area (Å²) in [4.78, 5) is 17.3. The van der Waals surface area contributed by atoms with Crippen LogP contribution in [0.2, 0.25) is 5.02 Å². The van der Waals surface area contributed by atoms with Gasteiger partial charge in [0.2, 0.25) is 5.65 Å². The first-order valence-corrected chi connectivity index (χ1v) is 9.92. The molecule has 5 aromatic rings. The molecule has 0 aliphatic heterocycles. The number of hydrogen-bond acceptors (Lipinski definition) is 6. The summed E-state index contributed by atoms with van der Waals surface area (Å²) in [6.07, 6.45) is 0. The van der Waals surface area contributed by atoms with E-state index in [1.165, 1.54) is 0 Å². The molecule has 0 saturated carbocycles. The maximum atomic E-state index is 12.6. The number of nitrogens with zero attached hydrogens (tertiary/aromatic N) is 5. The summed E-state index contributed by atoms with van der Waals surface area (Å²) < 4.78 is 1.63. The maximum absolute atomic E-state index is 12.6. The Morgan fingerprint density at radius 1 is 1.00 bits per heavy atom. The molecule has 0 spiro atoms. The van der Waals surface area contributed by atoms with Gasteiger partial charge in [0.25, 0.3) is 5.91 Å². The fraction of sp³-hybridized carbons (Fsp3) is 0.0455. The largest absolute Gasteiger partial charge is 0.348 e. The second kappa shape index (κ2) is 8.00. The zero-order valence-corrected chi connectivity index (χ0v) is 16.9. The van der Waals surface area contributed by atoms with Crippen molar-refractivity contribution in [1.29, 1.82) is 0 Å². The Hall–Kier alpha value is -4.04. The number of fused-ring (bicyclic) bond motifs is 3. The Kier molecular flexibility index (Phi) is 4.89. The lowest BCUT2D eigenvalue weighted by atomic mass is 10.1. The normalized spacial score (nSPS) is 11.0. The molecule has 152 valence electrons. The van der Waals surface area contributed by atoms with E-state index in [-0.39, 0.29) is 5.91 Å². The quantitative estimate of drug-likeness (QED) is 0.438. The van der Waals surface area contributed by atoms with E-state index in [4.69, 9.17) is 11.6 Å². The lowest BCUT2D eigenvalue weighted by Crippen LogP contribution is -2.23. The second-order valence-electron chi connectivity index (χ2n) is 6.84. The molecule has 31 heavy (non-hydrogen) atoms. The number of carbonyl (C=O) groups excluding carboxylic acids is 1. The summed E-state index contributed by atoms with van der Waals surface area (Å²) in [6, 6.07) is 22.2. The smallest absolute Gasteiger partial charge is 0.251 e. The number of rotatable bonds is 5. The molecule has 0 fully saturated rings. The van der Waals surface area contributed by atoms with Gasteiger partial charge in [0.15, 0.2) is 5.82 Å². The summed E-state index contributed by atoms with van der Waals surface area (Å²) in [5.41, 5.74) is 4.10. The Morgan fingerprint density at radius 2 is 1.84 bits per heavy atom. The third-order valence-electron chi connectivity index (χ3n) is 4.81. The van der Waals surface area contributed by atoms with Gasteiger partial charge in [0, 0.05) is 22.8 Å². The average molecular weight is 430 g/mol. The molecule has 0 saturated heterocycles. The molecule has 2 heterocycles. The summed E-state index contributed by atoms with van der Waals surface area (Å²) in [7, 11) is 0. The van der Waals surface area contributed by atoms with E-state index in [1.54, 1.807) is 28.8 Å². The molecule has 9 heteroatoms. The first kappa shape index (κ1) is 19.0. The van der Waals surface area contributed by atoms with Crippen LogP contribution in [0.15, 0.2) is 72.8 Å². The minimum Gasteiger partial charge on any atom is -0.348 e. The first-order chi connectivity index (χ1) is 15.2. The van der Waals surface area contributed by atoms with Gasteiger partial charge in [-0.05, 0) is 52.4 Å². The van der Waals surface area contributed by atoms with Crippen LogP contribution in [-0.4, -0.2) is 30.9 Å². The van der Waals surface area contributed by atoms with Gasteiger partial charge < -0.3 is 10.6 Å². The van der Waals surface area contributed by atoms with Crippen molar-refractivity contribution in [3.05, 3.63) is 88.9 Å². The monoisotopic (exact) mass is 429 g/mol. The number of carbonyl (C=O) groups is 1. The predicted molar refractivity (Wildman–Crippen MR) is 118 cm³/mol. The number of amides is 1. The lowest BCUT2D eigenvalue weighted by molar-refractivity contribution is 0.0951. The van der Waals surface area contributed by atoms with Crippen LogP contribution in [0, 0.1) is 0 Å². The summed E-state index contributed by atoms with van der Waals surface area (Å²) >= 11 is 6.16. The summed E-state index contributed by atoms with van der Waals surface area (Å²) in [6.45, 7) is 0.342. The molecule has 3 aromatic carbocycles. The van der Waals surface area contributed by atoms with E-state index >= 15 is 0 Å². The summed E-state index contributed by atoms with van der Waals surface area (Å²) in [5, 5.41) is 18.6. The molecule has 0 aliphatic carbocycles. The Balaban J connectivity index is 1.40. The molecular weight excluding hydrogens is 414 g/mol. The van der Waals surface area contributed by atoms with Gasteiger partial charge in [0.05, 0.1) is 11.0 Å². The van der Waals surface area contributed by atoms with E-state index in [0.717, 1.165) is 16.6 Å². The highest BCUT2D eigenvalue weighted by Gasteiger charge is 2.13. The fourth-order valence-corrected chi connectivity index (χ4v) is 3.49. The Labute approximate surface area is 181 Å². The van der Waals surface area contributed by atoms with Crippen LogP contribution in [-0.2, 0) is 6.54 Å². The lowest BCUT2D eigenvalue weighted by Gasteiger charge is -2.10. The molecule has 5 rings (SSSR count). The van der Waals surface area contributed by atoms with Crippen molar-refractivity contribution in [1.82, 2.24) is 30.3 Å². The van der Waals surface area contributed by atoms with E-state index in [1.807, 2.05) is 48.5 Å². The van der Waals surface area contributed by atoms with Gasteiger partial charge >= 0.3 is 0 Å². The molecule has 2 aromatic heterocycles. The molecular formula is C22H16ClN7O. The van der Waals surface area contributed by atoms with Crippen molar-refractivity contribution in [3.8, 4) is 0 Å². The third kappa shape index (κ3) is 3.76. The van der Waals surface area contributed by atoms with Gasteiger partial charge in [0.1, 0.15) is 0 Å². The van der Waals surface area contributed by atoms with Crippen molar-refractivity contribution in [2.24, 2.45) is 0 Å². The minimum absolute atomic E-state index is 0.204. The number of halogens is 1. The van der Waals surface area contributed by atoms with Crippen molar-refractivity contribution in [2.45, 2.75) is 6.54 Å². The van der Waals surface area contributed by atoms with Crippen LogP contribution in [0.5, 0.6) is 0 Å². The topological polar surface area (TPSA) is 97.1 Å². The van der Waals surface area contributed by atoms with Gasteiger partial charge in [-0.25, -0.2) is 4.98 Å². The van der Waals surface area contributed by atoms with E-state index in [2.05, 4.69) is 31.1 Å². The van der Waals surface area contributed by atoms with Crippen molar-refractivity contribution >= 4 is 45.7 Å². The minimum atomic E-state index is -0.204. The van der Waals surface area contributed by atoms with Crippen molar-refractivity contribution < 1.29 is 4.79 Å². The summed E-state index contributed by atoms with van der Waals surface area (Å²) in [5.74, 6) is 0.293. The van der Waals surface area contributed by atoms with Gasteiger partial charge in [-0.2, -0.15) is 4.52 Å². The second-order valence-corrected chi connectivity index (χ2v) is 7.25. The molecule has 8 nitrogen and oxygen atoms in total. The Bertz CT molecular complexity index is 1420. The molecule has 2 N–H and O–H groups in total. The van der Waals surface area contributed by atoms with E-state index in [0.29, 0.717) is 34.3 Å². The number of tetrazole rings is 1. The predicted octanol–water partition coefficient (Wildman–Crippen LogP) is 4.00. The maximum Gasteiger partial charge on any atom is 0.251 e. The fourth-order valence-electron chi connectivity index (χ4n) is 3.28. The number of anilines is 2. The Morgan fingerprint density at radius 3 is 2.74 bits per heavy atom. The van der Waals surface area contributed by atoms with Crippen LogP contribution in [0.3, 0.4) is 0 Å². The molecule has 0 aliphatic rings. The SMILES string of the molecule is O=C(NCc1ccccc1Cl)c1cccc(Nc2nc3ccccc3n3nnnc23)c1. The van der Waals surface area contributed by atoms with Crippen LogP contribution in [0.1, 0.15) is 15.9 Å². The van der Waals surface area contributed by atoms with E-state index in [9.17, 15) is 4.79 Å². The highest BCUT2D eigenvalue weighted by Crippen LogP contribution is 2.23. The van der Waals surface area contributed by atoms with Crippen LogP contribution < -0.4 is 10.6 Å². The zero-order chi connectivity index (χ0) is 21.2. The third-order valence-corrected chi connectivity index (χ3v) is 5.18. The number of para-hydroxylation sites is 2. The average Bonchev–Trinajstić information content (AvgIpc) is 3.29. The van der Waals surface area contributed by atoms with Gasteiger partial charge in [-0.3, -0.25) is 4.79 Å². The van der Waals surface area contributed by atoms with Crippen LogP contribution in [0.4, 0.5) is 11.5 Å². The molecule has 1 amide bonds. The highest BCUT2D eigenvalue weighted by atomic mass is 35.5. The first-order valence-electron chi connectivity index (χ1n) is 9.54. The van der Waals surface area contributed by atoms with Crippen LogP contribution in [0.25, 0.3) is 16.7 Å².